The Balaban J connectivity index is 2.42. The molecular formula is C10H9FN4O. The van der Waals surface area contributed by atoms with Gasteiger partial charge in [0.05, 0.1) is 12.1 Å². The zero-order valence-electron chi connectivity index (χ0n) is 8.62. The van der Waals surface area contributed by atoms with Gasteiger partial charge in [0.2, 0.25) is 5.88 Å². The molecule has 0 atom stereocenters. The molecule has 1 aliphatic rings. The van der Waals surface area contributed by atoms with E-state index in [0.29, 0.717) is 35.8 Å². The minimum atomic E-state index is -0.742. The first-order valence-electron chi connectivity index (χ1n) is 4.95. The summed E-state index contributed by atoms with van der Waals surface area (Å²) < 4.78 is 18.6. The highest BCUT2D eigenvalue weighted by Gasteiger charge is 2.17. The highest BCUT2D eigenvalue weighted by Crippen LogP contribution is 2.30. The SMILES string of the molecule is Cc1cc2nc(F)nc3c2c(n1)OCCN3. The maximum atomic E-state index is 13.2. The summed E-state index contributed by atoms with van der Waals surface area (Å²) in [5.41, 5.74) is 1.26. The molecule has 2 aromatic heterocycles. The topological polar surface area (TPSA) is 59.9 Å². The lowest BCUT2D eigenvalue weighted by atomic mass is 10.2. The maximum Gasteiger partial charge on any atom is 0.311 e. The number of nitrogens with zero attached hydrogens (tertiary/aromatic N) is 3. The van der Waals surface area contributed by atoms with Gasteiger partial charge >= 0.3 is 6.08 Å². The summed E-state index contributed by atoms with van der Waals surface area (Å²) in [5.74, 6) is 0.914. The summed E-state index contributed by atoms with van der Waals surface area (Å²) in [5, 5.41) is 3.64. The normalized spacial score (nSPS) is 14.1. The standard InChI is InChI=1S/C10H9FN4O/c1-5-4-6-7-8(15-10(11)14-6)12-2-3-16-9(7)13-5/h4H,2-3H2,1H3,(H,12,14,15). The van der Waals surface area contributed by atoms with Gasteiger partial charge in [-0.05, 0) is 13.0 Å². The van der Waals surface area contributed by atoms with Crippen LogP contribution in [0.25, 0.3) is 10.9 Å². The fraction of sp³-hybridized carbons (Fsp3) is 0.300. The molecule has 0 aliphatic carbocycles. The van der Waals surface area contributed by atoms with Crippen LogP contribution in [0.4, 0.5) is 10.2 Å². The number of hydrogen-bond donors (Lipinski definition) is 1. The molecule has 0 aromatic carbocycles. The van der Waals surface area contributed by atoms with Gasteiger partial charge in [0, 0.05) is 5.69 Å². The molecule has 2 aromatic rings. The first-order valence-corrected chi connectivity index (χ1v) is 4.95. The van der Waals surface area contributed by atoms with E-state index in [0.717, 1.165) is 5.69 Å². The zero-order valence-corrected chi connectivity index (χ0v) is 8.62. The smallest absolute Gasteiger partial charge is 0.311 e. The Kier molecular flexibility index (Phi) is 1.89. The van der Waals surface area contributed by atoms with Gasteiger partial charge in [0.25, 0.3) is 0 Å². The number of aryl methyl sites for hydroxylation is 1. The average molecular weight is 220 g/mol. The Morgan fingerprint density at radius 2 is 2.25 bits per heavy atom. The molecule has 0 spiro atoms. The van der Waals surface area contributed by atoms with E-state index in [9.17, 15) is 4.39 Å². The molecule has 82 valence electrons. The molecule has 0 amide bonds. The third-order valence-corrected chi connectivity index (χ3v) is 2.38. The van der Waals surface area contributed by atoms with Crippen molar-refractivity contribution in [3.8, 4) is 5.88 Å². The fourth-order valence-electron chi connectivity index (χ4n) is 1.76. The molecule has 1 aliphatic heterocycles. The summed E-state index contributed by atoms with van der Waals surface area (Å²) in [6, 6.07) is 1.71. The summed E-state index contributed by atoms with van der Waals surface area (Å²) >= 11 is 0. The molecule has 1 N–H and O–H groups in total. The number of hydrogen-bond acceptors (Lipinski definition) is 5. The molecule has 0 saturated carbocycles. The third kappa shape index (κ3) is 1.34. The molecule has 0 bridgehead atoms. The van der Waals surface area contributed by atoms with Gasteiger partial charge in [0.15, 0.2) is 0 Å². The molecule has 0 unspecified atom stereocenters. The van der Waals surface area contributed by atoms with Crippen LogP contribution in [0.2, 0.25) is 0 Å². The van der Waals surface area contributed by atoms with Gasteiger partial charge in [-0.1, -0.05) is 0 Å². The van der Waals surface area contributed by atoms with Crippen LogP contribution in [0.3, 0.4) is 0 Å². The van der Waals surface area contributed by atoms with Crippen LogP contribution in [0.1, 0.15) is 5.69 Å². The average Bonchev–Trinajstić information content (AvgIpc) is 2.40. The largest absolute Gasteiger partial charge is 0.475 e. The number of halogens is 1. The Bertz CT molecular complexity index is 525. The van der Waals surface area contributed by atoms with Crippen LogP contribution in [0.15, 0.2) is 6.07 Å². The molecular weight excluding hydrogens is 211 g/mol. The van der Waals surface area contributed by atoms with Gasteiger partial charge in [0.1, 0.15) is 17.8 Å². The summed E-state index contributed by atoms with van der Waals surface area (Å²) in [6.45, 7) is 2.86. The highest BCUT2D eigenvalue weighted by atomic mass is 19.1. The molecule has 5 nitrogen and oxygen atoms in total. The van der Waals surface area contributed by atoms with Crippen LogP contribution in [0.5, 0.6) is 5.88 Å². The van der Waals surface area contributed by atoms with Crippen LogP contribution >= 0.6 is 0 Å². The second-order valence-corrected chi connectivity index (χ2v) is 3.58. The van der Waals surface area contributed by atoms with Crippen molar-refractivity contribution in [3.05, 3.63) is 17.8 Å². The van der Waals surface area contributed by atoms with Crippen molar-refractivity contribution in [2.24, 2.45) is 0 Å². The second kappa shape index (κ2) is 3.26. The van der Waals surface area contributed by atoms with Crippen LogP contribution in [-0.4, -0.2) is 28.1 Å². The Hall–Kier alpha value is -1.98. The fourth-order valence-corrected chi connectivity index (χ4v) is 1.76. The number of nitrogens with one attached hydrogen (secondary N) is 1. The Morgan fingerprint density at radius 3 is 3.12 bits per heavy atom. The minimum absolute atomic E-state index is 0.447. The number of anilines is 1. The van der Waals surface area contributed by atoms with E-state index >= 15 is 0 Å². The van der Waals surface area contributed by atoms with Gasteiger partial charge in [-0.15, -0.1) is 0 Å². The molecule has 3 rings (SSSR count). The van der Waals surface area contributed by atoms with E-state index < -0.39 is 6.08 Å². The monoisotopic (exact) mass is 220 g/mol. The molecule has 16 heavy (non-hydrogen) atoms. The van der Waals surface area contributed by atoms with Crippen LogP contribution < -0.4 is 10.1 Å². The van der Waals surface area contributed by atoms with E-state index in [1.165, 1.54) is 0 Å². The molecule has 6 heteroatoms. The summed E-state index contributed by atoms with van der Waals surface area (Å²) in [4.78, 5) is 11.7. The van der Waals surface area contributed by atoms with E-state index in [2.05, 4.69) is 20.3 Å². The van der Waals surface area contributed by atoms with E-state index in [4.69, 9.17) is 4.74 Å². The predicted molar refractivity (Wildman–Crippen MR) is 56.0 cm³/mol. The predicted octanol–water partition coefficient (Wildman–Crippen LogP) is 1.28. The molecule has 0 saturated heterocycles. The molecule has 0 fully saturated rings. The number of ether oxygens (including phenoxy) is 1. The van der Waals surface area contributed by atoms with Crippen LogP contribution in [0, 0.1) is 13.0 Å². The minimum Gasteiger partial charge on any atom is -0.475 e. The second-order valence-electron chi connectivity index (χ2n) is 3.58. The van der Waals surface area contributed by atoms with E-state index in [1.807, 2.05) is 6.92 Å². The lowest BCUT2D eigenvalue weighted by Gasteiger charge is -2.06. The quantitative estimate of drug-likeness (QED) is 0.677. The first kappa shape index (κ1) is 9.26. The zero-order chi connectivity index (χ0) is 11.1. The third-order valence-electron chi connectivity index (χ3n) is 2.38. The van der Waals surface area contributed by atoms with E-state index in [1.54, 1.807) is 6.07 Å². The number of rotatable bonds is 0. The lowest BCUT2D eigenvalue weighted by Crippen LogP contribution is -2.09. The lowest BCUT2D eigenvalue weighted by molar-refractivity contribution is 0.326. The summed E-state index contributed by atoms with van der Waals surface area (Å²) in [6.07, 6.45) is -0.742. The maximum absolute atomic E-state index is 13.2. The summed E-state index contributed by atoms with van der Waals surface area (Å²) in [7, 11) is 0. The number of pyridine rings is 1. The van der Waals surface area contributed by atoms with Crippen molar-refractivity contribution in [1.29, 1.82) is 0 Å². The Labute approximate surface area is 90.7 Å². The highest BCUT2D eigenvalue weighted by molar-refractivity contribution is 5.93. The van der Waals surface area contributed by atoms with Gasteiger partial charge in [-0.3, -0.25) is 0 Å². The van der Waals surface area contributed by atoms with Crippen molar-refractivity contribution < 1.29 is 9.13 Å². The Morgan fingerprint density at radius 1 is 1.38 bits per heavy atom. The van der Waals surface area contributed by atoms with Gasteiger partial charge in [-0.2, -0.15) is 9.37 Å². The molecule has 3 heterocycles. The van der Waals surface area contributed by atoms with Crippen molar-refractivity contribution >= 4 is 16.7 Å². The van der Waals surface area contributed by atoms with Crippen LogP contribution in [-0.2, 0) is 0 Å². The van der Waals surface area contributed by atoms with Crippen molar-refractivity contribution in [2.45, 2.75) is 6.92 Å². The van der Waals surface area contributed by atoms with Crippen molar-refractivity contribution in [1.82, 2.24) is 15.0 Å². The van der Waals surface area contributed by atoms with Crippen molar-refractivity contribution in [3.63, 3.8) is 0 Å². The van der Waals surface area contributed by atoms with E-state index in [-0.39, 0.29) is 0 Å². The van der Waals surface area contributed by atoms with Gasteiger partial charge in [-0.25, -0.2) is 9.97 Å². The van der Waals surface area contributed by atoms with Crippen molar-refractivity contribution in [2.75, 3.05) is 18.5 Å². The van der Waals surface area contributed by atoms with Gasteiger partial charge < -0.3 is 10.1 Å². The molecule has 0 radical (unpaired) electrons. The first-order chi connectivity index (χ1) is 7.74. The number of aromatic nitrogens is 3.